The van der Waals surface area contributed by atoms with Gasteiger partial charge in [-0.3, -0.25) is 4.55 Å². The zero-order valence-corrected chi connectivity index (χ0v) is 27.8. The van der Waals surface area contributed by atoms with E-state index in [-0.39, 0.29) is 7.43 Å². The fourth-order valence-corrected chi connectivity index (χ4v) is 0. The van der Waals surface area contributed by atoms with E-state index in [4.69, 9.17) is 4.55 Å². The Labute approximate surface area is 218 Å². The van der Waals surface area contributed by atoms with Crippen LogP contribution in [0.25, 0.3) is 0 Å². The highest BCUT2D eigenvalue weighted by Crippen LogP contribution is 2.09. The van der Waals surface area contributed by atoms with Crippen molar-refractivity contribution in [2.75, 3.05) is 50.0 Å². The molecule has 1 N–H and O–H groups in total. The van der Waals surface area contributed by atoms with Crippen LogP contribution >= 0.6 is 63.9 Å². The first-order valence-corrected chi connectivity index (χ1v) is 20.7. The van der Waals surface area contributed by atoms with Crippen molar-refractivity contribution in [3.05, 3.63) is 0 Å². The summed E-state index contributed by atoms with van der Waals surface area (Å²) < 4.78 is 54.1. The molecule has 0 radical (unpaired) electrons. The summed E-state index contributed by atoms with van der Waals surface area (Å²) in [5, 5.41) is 0. The molecule has 0 heterocycles. The Kier molecular flexibility index (Phi) is 164. The van der Waals surface area contributed by atoms with Crippen molar-refractivity contribution in [2.24, 2.45) is 0 Å². The minimum absolute atomic E-state index is 0. The molecule has 0 unspecified atom stereocenters. The Balaban J connectivity index is -0.0000000194. The minimum Gasteiger partial charge on any atom is -0.739 e. The van der Waals surface area contributed by atoms with Gasteiger partial charge in [0.2, 0.25) is 0 Å². The number of hydrogen-bond donors (Lipinski definition) is 1. The molecule has 0 aliphatic rings. The maximum absolute atomic E-state index is 9.41. The van der Waals surface area contributed by atoms with Gasteiger partial charge in [0.15, 0.2) is 0 Å². The van der Waals surface area contributed by atoms with E-state index in [1.54, 1.807) is 45.1 Å². The second-order valence-electron chi connectivity index (χ2n) is 2.46. The second-order valence-corrected chi connectivity index (χ2v) is 11.6. The van der Waals surface area contributed by atoms with Gasteiger partial charge in [-0.2, -0.15) is 31.9 Å². The summed E-state index contributed by atoms with van der Waals surface area (Å²) in [5.74, 6) is 0. The Morgan fingerprint density at radius 1 is 0.700 bits per heavy atom. The third-order valence-corrected chi connectivity index (χ3v) is 3.34. The van der Waals surface area contributed by atoms with E-state index in [0.717, 1.165) is 0 Å². The molecule has 0 saturated heterocycles. The molecule has 0 aromatic carbocycles. The van der Waals surface area contributed by atoms with Gasteiger partial charge in [0.05, 0.1) is 6.26 Å². The van der Waals surface area contributed by atoms with Crippen molar-refractivity contribution in [1.82, 2.24) is 0 Å². The number of thioether (sulfide) groups is 2. The van der Waals surface area contributed by atoms with Gasteiger partial charge in [-0.25, -0.2) is 8.42 Å². The number of rotatable bonds is 2. The standard InChI is InChI=1S/C2H6S2.2C2H6S.3C2H6.CH4O3S2.CH4O3S.CH4.HPS/c1-3-4-2;2*1-3-2;3*1-2;1-5-6(2,3)4;1-5(2,3)4;;1-2/h1-2H3;2*1-2H3;3*1-2H3;1H3,(H,2,3,4);1H3,(H,2,3,4);1H4;1H/p-1. The molecule has 0 aromatic heterocycles. The van der Waals surface area contributed by atoms with Crippen molar-refractivity contribution >= 4 is 95.0 Å². The van der Waals surface area contributed by atoms with Crippen LogP contribution in [0.5, 0.6) is 0 Å². The van der Waals surface area contributed by atoms with Crippen LogP contribution in [-0.4, -0.2) is 76.0 Å². The quantitative estimate of drug-likeness (QED) is 0.193. The summed E-state index contributed by atoms with van der Waals surface area (Å²) >= 11 is 7.39. The maximum atomic E-state index is 9.41. The Morgan fingerprint density at radius 2 is 0.767 bits per heavy atom. The molecular weight excluding hydrogens is 564 g/mol. The predicted octanol–water partition coefficient (Wildman–Crippen LogP) is 7.21. The first-order chi connectivity index (χ1) is 13.3. The van der Waals surface area contributed by atoms with Crippen LogP contribution in [0.1, 0.15) is 49.0 Å². The summed E-state index contributed by atoms with van der Waals surface area (Å²) in [6.45, 7) is 12.0. The van der Waals surface area contributed by atoms with E-state index < -0.39 is 19.3 Å². The van der Waals surface area contributed by atoms with Crippen LogP contribution in [0.2, 0.25) is 0 Å². The van der Waals surface area contributed by atoms with Crippen LogP contribution in [0, 0.1) is 0 Å². The highest BCUT2D eigenvalue weighted by Gasteiger charge is 1.81. The van der Waals surface area contributed by atoms with E-state index in [9.17, 15) is 21.4 Å². The van der Waals surface area contributed by atoms with Gasteiger partial charge in [-0.1, -0.05) is 82.4 Å². The molecule has 0 aliphatic carbocycles. The average molecular weight is 612 g/mol. The van der Waals surface area contributed by atoms with Gasteiger partial charge in [-0.05, 0) is 62.6 Å². The molecule has 198 valence electrons. The normalized spacial score (nSPS) is 7.20. The fourth-order valence-electron chi connectivity index (χ4n) is 0. The summed E-state index contributed by atoms with van der Waals surface area (Å²) in [7, 11) is -1.26. The monoisotopic (exact) mass is 611 g/mol. The lowest BCUT2D eigenvalue weighted by Gasteiger charge is -1.96. The lowest BCUT2D eigenvalue weighted by molar-refractivity contribution is 0.482. The van der Waals surface area contributed by atoms with Crippen molar-refractivity contribution < 1.29 is 25.9 Å². The molecule has 0 fully saturated rings. The van der Waals surface area contributed by atoms with Gasteiger partial charge >= 0.3 is 0 Å². The number of hydrogen-bond acceptors (Lipinski definition) is 11. The summed E-state index contributed by atoms with van der Waals surface area (Å²) in [4.78, 5) is 0. The molecule has 0 aliphatic heterocycles. The van der Waals surface area contributed by atoms with Crippen molar-refractivity contribution in [1.29, 1.82) is 0 Å². The van der Waals surface area contributed by atoms with Gasteiger partial charge in [-0.15, -0.1) is 0 Å². The summed E-state index contributed by atoms with van der Waals surface area (Å²) in [5.41, 5.74) is 0. The van der Waals surface area contributed by atoms with E-state index in [1.165, 1.54) is 6.26 Å². The molecule has 0 bridgehead atoms. The van der Waals surface area contributed by atoms with Crippen molar-refractivity contribution in [3.8, 4) is 0 Å². The minimum atomic E-state index is -4.00. The Bertz CT molecular complexity index is 357. The lowest BCUT2D eigenvalue weighted by Crippen LogP contribution is -1.88. The second kappa shape index (κ2) is 77.2. The third-order valence-electron chi connectivity index (χ3n) is 0.371. The lowest BCUT2D eigenvalue weighted by atomic mass is 11.0. The van der Waals surface area contributed by atoms with E-state index >= 15 is 0 Å². The predicted molar refractivity (Wildman–Crippen MR) is 163 cm³/mol. The molecule has 0 amide bonds. The van der Waals surface area contributed by atoms with Crippen molar-refractivity contribution in [2.45, 2.75) is 49.0 Å². The topological polar surface area (TPSA) is 112 Å². The molecule has 0 atom stereocenters. The van der Waals surface area contributed by atoms with Crippen LogP contribution in [-0.2, 0) is 31.1 Å². The van der Waals surface area contributed by atoms with E-state index in [1.807, 2.05) is 66.6 Å². The zero-order chi connectivity index (χ0) is 26.5. The Morgan fingerprint density at radius 3 is 0.767 bits per heavy atom. The van der Waals surface area contributed by atoms with Gasteiger partial charge in [0, 0.05) is 0 Å². The largest absolute Gasteiger partial charge is 0.739 e. The van der Waals surface area contributed by atoms with Gasteiger partial charge < -0.3 is 4.55 Å². The first-order valence-electron chi connectivity index (χ1n) is 7.82. The smallest absolute Gasteiger partial charge is 0.261 e. The van der Waals surface area contributed by atoms with Crippen LogP contribution in [0.3, 0.4) is 0 Å². The zero-order valence-electron chi connectivity index (χ0n) is 20.3. The van der Waals surface area contributed by atoms with Crippen LogP contribution < -0.4 is 0 Å². The van der Waals surface area contributed by atoms with Crippen LogP contribution in [0.15, 0.2) is 0 Å². The molecule has 0 spiro atoms. The molecule has 30 heavy (non-hydrogen) atoms. The highest BCUT2D eigenvalue weighted by molar-refractivity contribution is 8.76. The molecule has 6 nitrogen and oxygen atoms in total. The summed E-state index contributed by atoms with van der Waals surface area (Å²) in [6.07, 6.45) is 14.2. The van der Waals surface area contributed by atoms with Gasteiger partial charge in [0.25, 0.3) is 10.1 Å². The van der Waals surface area contributed by atoms with Crippen molar-refractivity contribution in [3.63, 3.8) is 0 Å². The highest BCUT2D eigenvalue weighted by atomic mass is 33.1. The molecule has 0 rings (SSSR count). The molecule has 0 aromatic rings. The first kappa shape index (κ1) is 63.6. The summed E-state index contributed by atoms with van der Waals surface area (Å²) in [6, 6.07) is 0. The average Bonchev–Trinajstić information content (AvgIpc) is 2.68. The SMILES string of the molecule is C.CC.CC.CC.CS(=O)(=O)O.CSC.CSC.CSS(=O)(=O)[O-].CSSC.P=S. The molecule has 0 saturated carbocycles. The Hall–Kier alpha value is 2.09. The van der Waals surface area contributed by atoms with Gasteiger partial charge in [0.1, 0.15) is 9.15 Å². The van der Waals surface area contributed by atoms with Crippen LogP contribution in [0.4, 0.5) is 0 Å². The van der Waals surface area contributed by atoms with E-state index in [2.05, 4.69) is 32.3 Å². The molecule has 15 heteroatoms. The maximum Gasteiger partial charge on any atom is 0.261 e. The van der Waals surface area contributed by atoms with E-state index in [0.29, 0.717) is 17.0 Å². The fraction of sp³-hybridized carbons (Fsp3) is 1.00. The molecular formula is C15H48O6PS8-. The third kappa shape index (κ3) is 687.